The smallest absolute Gasteiger partial charge is 0.269 e. The molecule has 1 aliphatic heterocycles. The highest BCUT2D eigenvalue weighted by Crippen LogP contribution is 2.37. The predicted molar refractivity (Wildman–Crippen MR) is 128 cm³/mol. The molecule has 4 rings (SSSR count). The van der Waals surface area contributed by atoms with Gasteiger partial charge in [0, 0.05) is 17.1 Å². The lowest BCUT2D eigenvalue weighted by molar-refractivity contribution is -0.122. The third-order valence-corrected chi connectivity index (χ3v) is 6.69. The van der Waals surface area contributed by atoms with Crippen molar-refractivity contribution >= 4 is 28.8 Å². The average Bonchev–Trinajstić information content (AvgIpc) is 3.42. The lowest BCUT2D eigenvalue weighted by Crippen LogP contribution is -2.39. The molecule has 32 heavy (non-hydrogen) atoms. The normalized spacial score (nSPS) is 16.1. The van der Waals surface area contributed by atoms with Crippen LogP contribution < -0.4 is 15.8 Å². The number of amides is 2. The Morgan fingerprint density at radius 1 is 1.16 bits per heavy atom. The molecule has 3 N–H and O–H groups in total. The molecule has 0 radical (unpaired) electrons. The minimum Gasteiger partial charge on any atom is -0.492 e. The first-order valence-electron chi connectivity index (χ1n) is 10.8. The van der Waals surface area contributed by atoms with Gasteiger partial charge in [0.25, 0.3) is 5.91 Å². The first kappa shape index (κ1) is 22.0. The molecule has 3 aromatic rings. The first-order valence-corrected chi connectivity index (χ1v) is 11.6. The Hall–Kier alpha value is -3.16. The number of likely N-dealkylation sites (tertiary alicyclic amines) is 1. The van der Waals surface area contributed by atoms with Crippen molar-refractivity contribution in [3.05, 3.63) is 71.1 Å². The Bertz CT molecular complexity index is 1100. The van der Waals surface area contributed by atoms with Crippen LogP contribution in [0.15, 0.2) is 60.7 Å². The summed E-state index contributed by atoms with van der Waals surface area (Å²) < 4.78 is 5.74. The molecular formula is C25H27N3O3S. The van der Waals surface area contributed by atoms with Crippen molar-refractivity contribution in [2.45, 2.75) is 32.4 Å². The van der Waals surface area contributed by atoms with Crippen LogP contribution in [-0.4, -0.2) is 35.9 Å². The number of thiophene rings is 1. The molecule has 2 heterocycles. The molecule has 0 bridgehead atoms. The van der Waals surface area contributed by atoms with Gasteiger partial charge in [-0.1, -0.05) is 42.5 Å². The topological polar surface area (TPSA) is 84.7 Å². The summed E-state index contributed by atoms with van der Waals surface area (Å²) in [5, 5.41) is 3.00. The summed E-state index contributed by atoms with van der Waals surface area (Å²) in [7, 11) is 0. The Labute approximate surface area is 192 Å². The molecule has 7 heteroatoms. The molecule has 0 saturated carbocycles. The molecule has 1 unspecified atom stereocenters. The highest BCUT2D eigenvalue weighted by Gasteiger charge is 2.28. The first-order chi connectivity index (χ1) is 15.5. The van der Waals surface area contributed by atoms with Gasteiger partial charge in [-0.2, -0.15) is 0 Å². The number of nitrogens with one attached hydrogen (secondary N) is 1. The van der Waals surface area contributed by atoms with Gasteiger partial charge < -0.3 is 15.8 Å². The van der Waals surface area contributed by atoms with Gasteiger partial charge in [-0.05, 0) is 55.6 Å². The Kier molecular flexibility index (Phi) is 6.87. The molecule has 1 saturated heterocycles. The van der Waals surface area contributed by atoms with E-state index in [1.165, 1.54) is 11.3 Å². The number of anilines is 1. The quantitative estimate of drug-likeness (QED) is 0.530. The number of rotatable bonds is 8. The number of benzene rings is 2. The van der Waals surface area contributed by atoms with Crippen LogP contribution in [0.2, 0.25) is 0 Å². The molecule has 6 nitrogen and oxygen atoms in total. The minimum absolute atomic E-state index is 0.200. The van der Waals surface area contributed by atoms with Crippen molar-refractivity contribution in [3.8, 4) is 16.2 Å². The molecule has 0 aliphatic carbocycles. The van der Waals surface area contributed by atoms with E-state index in [9.17, 15) is 9.59 Å². The molecule has 166 valence electrons. The Morgan fingerprint density at radius 2 is 1.97 bits per heavy atom. The molecular weight excluding hydrogens is 422 g/mol. The van der Waals surface area contributed by atoms with Gasteiger partial charge in [0.15, 0.2) is 0 Å². The number of primary amides is 1. The van der Waals surface area contributed by atoms with E-state index in [1.807, 2.05) is 67.6 Å². The lowest BCUT2D eigenvalue weighted by Gasteiger charge is -2.22. The molecule has 2 amide bonds. The number of carbonyl (C=O) groups is 2. The zero-order valence-corrected chi connectivity index (χ0v) is 18.9. The van der Waals surface area contributed by atoms with Crippen LogP contribution in [0.5, 0.6) is 5.75 Å². The van der Waals surface area contributed by atoms with Gasteiger partial charge >= 0.3 is 0 Å². The zero-order chi connectivity index (χ0) is 22.5. The van der Waals surface area contributed by atoms with Crippen LogP contribution in [0.3, 0.4) is 0 Å². The van der Waals surface area contributed by atoms with E-state index >= 15 is 0 Å². The number of carbonyl (C=O) groups excluding carboxylic acids is 2. The van der Waals surface area contributed by atoms with Crippen LogP contribution in [0.4, 0.5) is 5.69 Å². The van der Waals surface area contributed by atoms with E-state index in [2.05, 4.69) is 10.2 Å². The number of hydrogen-bond acceptors (Lipinski definition) is 5. The summed E-state index contributed by atoms with van der Waals surface area (Å²) in [5.74, 6) is 0.114. The third kappa shape index (κ3) is 5.00. The fraction of sp³-hybridized carbons (Fsp3) is 0.280. The van der Waals surface area contributed by atoms with Gasteiger partial charge in [-0.25, -0.2) is 0 Å². The highest BCUT2D eigenvalue weighted by molar-refractivity contribution is 7.17. The third-order valence-electron chi connectivity index (χ3n) is 5.52. The monoisotopic (exact) mass is 449 g/mol. The SMILES string of the molecule is CCOc1cc(-c2ccccc2)sc1C(=O)Nc1cccc(CN2CCCC2C(N)=O)c1. The Balaban J connectivity index is 1.51. The van der Waals surface area contributed by atoms with E-state index < -0.39 is 0 Å². The van der Waals surface area contributed by atoms with Crippen LogP contribution in [0.25, 0.3) is 10.4 Å². The minimum atomic E-state index is -0.276. The second-order valence-corrected chi connectivity index (χ2v) is 8.84. The summed E-state index contributed by atoms with van der Waals surface area (Å²) in [5.41, 5.74) is 8.32. The van der Waals surface area contributed by atoms with E-state index in [0.29, 0.717) is 29.5 Å². The van der Waals surface area contributed by atoms with Crippen LogP contribution in [0.1, 0.15) is 35.0 Å². The highest BCUT2D eigenvalue weighted by atomic mass is 32.1. The van der Waals surface area contributed by atoms with E-state index in [1.54, 1.807) is 0 Å². The molecule has 0 spiro atoms. The van der Waals surface area contributed by atoms with Crippen LogP contribution in [-0.2, 0) is 11.3 Å². The fourth-order valence-corrected chi connectivity index (χ4v) is 5.05. The van der Waals surface area contributed by atoms with Crippen molar-refractivity contribution in [2.24, 2.45) is 5.73 Å². The maximum atomic E-state index is 13.1. The maximum absolute atomic E-state index is 13.1. The summed E-state index contributed by atoms with van der Waals surface area (Å²) in [6.07, 6.45) is 1.76. The van der Waals surface area contributed by atoms with Gasteiger partial charge in [-0.3, -0.25) is 14.5 Å². The van der Waals surface area contributed by atoms with Crippen molar-refractivity contribution in [1.82, 2.24) is 4.90 Å². The Morgan fingerprint density at radius 3 is 2.72 bits per heavy atom. The fourth-order valence-electron chi connectivity index (χ4n) is 4.05. The summed E-state index contributed by atoms with van der Waals surface area (Å²) >= 11 is 1.42. The zero-order valence-electron chi connectivity index (χ0n) is 18.0. The van der Waals surface area contributed by atoms with Crippen molar-refractivity contribution in [3.63, 3.8) is 0 Å². The molecule has 1 aromatic heterocycles. The molecule has 1 fully saturated rings. The second-order valence-electron chi connectivity index (χ2n) is 7.79. The summed E-state index contributed by atoms with van der Waals surface area (Å²) in [4.78, 5) is 28.4. The molecule has 1 atom stereocenters. The van der Waals surface area contributed by atoms with Crippen LogP contribution in [0, 0.1) is 0 Å². The summed E-state index contributed by atoms with van der Waals surface area (Å²) in [6, 6.07) is 19.4. The molecule has 2 aromatic carbocycles. The van der Waals surface area contributed by atoms with Crippen molar-refractivity contribution in [1.29, 1.82) is 0 Å². The lowest BCUT2D eigenvalue weighted by atomic mass is 10.1. The second kappa shape index (κ2) is 9.97. The predicted octanol–water partition coefficient (Wildman–Crippen LogP) is 4.52. The van der Waals surface area contributed by atoms with Crippen LogP contribution >= 0.6 is 11.3 Å². The summed E-state index contributed by atoms with van der Waals surface area (Å²) in [6.45, 7) is 3.86. The van der Waals surface area contributed by atoms with E-state index in [-0.39, 0.29) is 17.9 Å². The number of ether oxygens (including phenoxy) is 1. The molecule has 1 aliphatic rings. The standard InChI is InChI=1S/C25H27N3O3S/c1-2-31-21-15-22(18-9-4-3-5-10-18)32-23(21)25(30)27-19-11-6-8-17(14-19)16-28-13-7-12-20(28)24(26)29/h3-6,8-11,14-15,20H,2,7,12-13,16H2,1H3,(H2,26,29)(H,27,30). The van der Waals surface area contributed by atoms with Crippen molar-refractivity contribution < 1.29 is 14.3 Å². The average molecular weight is 450 g/mol. The maximum Gasteiger partial charge on any atom is 0.269 e. The largest absolute Gasteiger partial charge is 0.492 e. The van der Waals surface area contributed by atoms with E-state index in [0.717, 1.165) is 35.4 Å². The number of nitrogens with two attached hydrogens (primary N) is 1. The van der Waals surface area contributed by atoms with Gasteiger partial charge in [-0.15, -0.1) is 11.3 Å². The van der Waals surface area contributed by atoms with Gasteiger partial charge in [0.1, 0.15) is 10.6 Å². The van der Waals surface area contributed by atoms with E-state index in [4.69, 9.17) is 10.5 Å². The van der Waals surface area contributed by atoms with Gasteiger partial charge in [0.2, 0.25) is 5.91 Å². The number of hydrogen-bond donors (Lipinski definition) is 2. The van der Waals surface area contributed by atoms with Crippen molar-refractivity contribution in [2.75, 3.05) is 18.5 Å². The van der Waals surface area contributed by atoms with Gasteiger partial charge in [0.05, 0.1) is 12.6 Å². The number of nitrogens with zero attached hydrogens (tertiary/aromatic N) is 1.